The first-order chi connectivity index (χ1) is 10.5. The summed E-state index contributed by atoms with van der Waals surface area (Å²) in [7, 11) is 1.68. The summed E-state index contributed by atoms with van der Waals surface area (Å²) in [6.07, 6.45) is 1.54. The average Bonchev–Trinajstić information content (AvgIpc) is 2.48. The maximum Gasteiger partial charge on any atom is 0.135 e. The minimum absolute atomic E-state index is 0.159. The molecule has 5 heteroatoms. The molecule has 1 heterocycles. The first-order valence-electron chi connectivity index (χ1n) is 7.41. The van der Waals surface area contributed by atoms with E-state index in [4.69, 9.17) is 4.74 Å². The van der Waals surface area contributed by atoms with Crippen molar-refractivity contribution >= 4 is 17.3 Å². The first kappa shape index (κ1) is 16.2. The van der Waals surface area contributed by atoms with Crippen LogP contribution in [-0.2, 0) is 10.2 Å². The van der Waals surface area contributed by atoms with Crippen molar-refractivity contribution in [3.63, 3.8) is 0 Å². The molecule has 1 aromatic carbocycles. The maximum absolute atomic E-state index is 5.01. The van der Waals surface area contributed by atoms with Crippen molar-refractivity contribution in [1.29, 1.82) is 0 Å². The third-order valence-corrected chi connectivity index (χ3v) is 3.30. The van der Waals surface area contributed by atoms with Gasteiger partial charge in [0.25, 0.3) is 0 Å². The highest BCUT2D eigenvalue weighted by atomic mass is 16.5. The fourth-order valence-corrected chi connectivity index (χ4v) is 2.00. The lowest BCUT2D eigenvalue weighted by atomic mass is 9.87. The molecule has 5 nitrogen and oxygen atoms in total. The molecule has 0 saturated heterocycles. The van der Waals surface area contributed by atoms with E-state index in [9.17, 15) is 0 Å². The summed E-state index contributed by atoms with van der Waals surface area (Å²) in [5.74, 6) is 1.54. The van der Waals surface area contributed by atoms with Crippen LogP contribution in [0.5, 0.6) is 0 Å². The molecule has 0 aliphatic rings. The van der Waals surface area contributed by atoms with Gasteiger partial charge in [-0.25, -0.2) is 9.97 Å². The quantitative estimate of drug-likeness (QED) is 0.799. The Morgan fingerprint density at radius 3 is 2.36 bits per heavy atom. The predicted molar refractivity (Wildman–Crippen MR) is 90.8 cm³/mol. The van der Waals surface area contributed by atoms with E-state index >= 15 is 0 Å². The molecule has 0 atom stereocenters. The highest BCUT2D eigenvalue weighted by Gasteiger charge is 2.12. The zero-order chi connectivity index (χ0) is 16.0. The smallest absolute Gasteiger partial charge is 0.135 e. The number of nitrogens with one attached hydrogen (secondary N) is 2. The Morgan fingerprint density at radius 1 is 1.05 bits per heavy atom. The molecule has 2 aromatic rings. The van der Waals surface area contributed by atoms with Crippen LogP contribution in [-0.4, -0.2) is 30.2 Å². The summed E-state index contributed by atoms with van der Waals surface area (Å²) in [4.78, 5) is 8.42. The van der Waals surface area contributed by atoms with Crippen LogP contribution in [0.3, 0.4) is 0 Å². The third kappa shape index (κ3) is 4.70. The molecule has 0 saturated carbocycles. The second kappa shape index (κ2) is 7.22. The van der Waals surface area contributed by atoms with Crippen LogP contribution in [0.4, 0.5) is 17.3 Å². The topological polar surface area (TPSA) is 59.1 Å². The standard InChI is InChI=1S/C17H24N4O/c1-17(2,3)13-5-7-14(8-6-13)21-16-11-15(19-12-20-16)18-9-10-22-4/h5-8,11-12H,9-10H2,1-4H3,(H2,18,19,20,21). The second-order valence-electron chi connectivity index (χ2n) is 6.16. The number of ether oxygens (including phenoxy) is 1. The van der Waals surface area contributed by atoms with Crippen LogP contribution in [0.2, 0.25) is 0 Å². The van der Waals surface area contributed by atoms with Crippen LogP contribution in [0, 0.1) is 0 Å². The van der Waals surface area contributed by atoms with Crippen molar-refractivity contribution in [2.45, 2.75) is 26.2 Å². The lowest BCUT2D eigenvalue weighted by molar-refractivity contribution is 0.210. The zero-order valence-electron chi connectivity index (χ0n) is 13.7. The van der Waals surface area contributed by atoms with Gasteiger partial charge in [0.1, 0.15) is 18.0 Å². The molecule has 22 heavy (non-hydrogen) atoms. The van der Waals surface area contributed by atoms with Crippen LogP contribution in [0.1, 0.15) is 26.3 Å². The lowest BCUT2D eigenvalue weighted by Gasteiger charge is -2.19. The lowest BCUT2D eigenvalue weighted by Crippen LogP contribution is -2.10. The molecule has 0 fully saturated rings. The van der Waals surface area contributed by atoms with Crippen LogP contribution in [0.15, 0.2) is 36.7 Å². The molecule has 0 radical (unpaired) electrons. The molecule has 0 unspecified atom stereocenters. The molecule has 2 N–H and O–H groups in total. The minimum Gasteiger partial charge on any atom is -0.383 e. The third-order valence-electron chi connectivity index (χ3n) is 3.30. The summed E-state index contributed by atoms with van der Waals surface area (Å²) in [5.41, 5.74) is 2.48. The molecule has 118 valence electrons. The summed E-state index contributed by atoms with van der Waals surface area (Å²) < 4.78 is 5.01. The Labute approximate surface area is 132 Å². The fourth-order valence-electron chi connectivity index (χ4n) is 2.00. The fraction of sp³-hybridized carbons (Fsp3) is 0.412. The van der Waals surface area contributed by atoms with Gasteiger partial charge in [-0.2, -0.15) is 0 Å². The number of anilines is 3. The van der Waals surface area contributed by atoms with Gasteiger partial charge >= 0.3 is 0 Å². The number of methoxy groups -OCH3 is 1. The SMILES string of the molecule is COCCNc1cc(Nc2ccc(C(C)(C)C)cc2)ncn1. The van der Waals surface area contributed by atoms with Gasteiger partial charge in [-0.15, -0.1) is 0 Å². The molecule has 2 rings (SSSR count). The van der Waals surface area contributed by atoms with E-state index in [1.54, 1.807) is 13.4 Å². The molecule has 0 amide bonds. The minimum atomic E-state index is 0.159. The van der Waals surface area contributed by atoms with E-state index in [1.165, 1.54) is 5.56 Å². The van der Waals surface area contributed by atoms with Gasteiger partial charge in [-0.05, 0) is 23.1 Å². The van der Waals surface area contributed by atoms with E-state index in [2.05, 4.69) is 65.6 Å². The number of hydrogen-bond acceptors (Lipinski definition) is 5. The summed E-state index contributed by atoms with van der Waals surface area (Å²) in [6, 6.07) is 10.3. The van der Waals surface area contributed by atoms with E-state index in [-0.39, 0.29) is 5.41 Å². The van der Waals surface area contributed by atoms with Gasteiger partial charge in [0, 0.05) is 25.4 Å². The van der Waals surface area contributed by atoms with Crippen LogP contribution >= 0.6 is 0 Å². The average molecular weight is 300 g/mol. The highest BCUT2D eigenvalue weighted by molar-refractivity contribution is 5.59. The van der Waals surface area contributed by atoms with Crippen LogP contribution in [0.25, 0.3) is 0 Å². The molecule has 1 aromatic heterocycles. The molecular formula is C17H24N4O. The van der Waals surface area contributed by atoms with Gasteiger partial charge in [0.05, 0.1) is 6.61 Å². The number of rotatable bonds is 6. The highest BCUT2D eigenvalue weighted by Crippen LogP contribution is 2.24. The molecule has 0 spiro atoms. The number of hydrogen-bond donors (Lipinski definition) is 2. The maximum atomic E-state index is 5.01. The van der Waals surface area contributed by atoms with Crippen molar-refractivity contribution in [3.8, 4) is 0 Å². The Hall–Kier alpha value is -2.14. The molecular weight excluding hydrogens is 276 g/mol. The van der Waals surface area contributed by atoms with Gasteiger partial charge in [0.15, 0.2) is 0 Å². The molecule has 0 bridgehead atoms. The zero-order valence-corrected chi connectivity index (χ0v) is 13.7. The molecule has 0 aliphatic heterocycles. The number of aromatic nitrogens is 2. The van der Waals surface area contributed by atoms with Crippen LogP contribution < -0.4 is 10.6 Å². The Balaban J connectivity index is 2.02. The van der Waals surface area contributed by atoms with E-state index in [0.717, 1.165) is 17.3 Å². The Morgan fingerprint density at radius 2 is 1.73 bits per heavy atom. The Bertz CT molecular complexity index is 590. The summed E-state index contributed by atoms with van der Waals surface area (Å²) in [5, 5.41) is 6.48. The van der Waals surface area contributed by atoms with E-state index in [1.807, 2.05) is 6.07 Å². The Kier molecular flexibility index (Phi) is 5.33. The second-order valence-corrected chi connectivity index (χ2v) is 6.16. The van der Waals surface area contributed by atoms with Gasteiger partial charge < -0.3 is 15.4 Å². The van der Waals surface area contributed by atoms with Gasteiger partial charge in [-0.1, -0.05) is 32.9 Å². The monoisotopic (exact) mass is 300 g/mol. The number of benzene rings is 1. The van der Waals surface area contributed by atoms with E-state index < -0.39 is 0 Å². The van der Waals surface area contributed by atoms with Crippen molar-refractivity contribution in [1.82, 2.24) is 9.97 Å². The van der Waals surface area contributed by atoms with Gasteiger partial charge in [-0.3, -0.25) is 0 Å². The first-order valence-corrected chi connectivity index (χ1v) is 7.41. The van der Waals surface area contributed by atoms with E-state index in [0.29, 0.717) is 13.2 Å². The summed E-state index contributed by atoms with van der Waals surface area (Å²) >= 11 is 0. The summed E-state index contributed by atoms with van der Waals surface area (Å²) in [6.45, 7) is 7.97. The van der Waals surface area contributed by atoms with Crippen molar-refractivity contribution in [2.75, 3.05) is 30.9 Å². The normalized spacial score (nSPS) is 11.3. The number of nitrogens with zero attached hydrogens (tertiary/aromatic N) is 2. The molecule has 0 aliphatic carbocycles. The van der Waals surface area contributed by atoms with Crippen molar-refractivity contribution in [3.05, 3.63) is 42.2 Å². The predicted octanol–water partition coefficient (Wildman–Crippen LogP) is 3.58. The van der Waals surface area contributed by atoms with Gasteiger partial charge in [0.2, 0.25) is 0 Å². The largest absolute Gasteiger partial charge is 0.383 e. The van der Waals surface area contributed by atoms with Crippen molar-refractivity contribution in [2.24, 2.45) is 0 Å². The van der Waals surface area contributed by atoms with Crippen molar-refractivity contribution < 1.29 is 4.74 Å².